The van der Waals surface area contributed by atoms with E-state index in [9.17, 15) is 14.4 Å². The van der Waals surface area contributed by atoms with Crippen molar-refractivity contribution in [1.82, 2.24) is 15.1 Å². The molecular weight excluding hydrogens is 368 g/mol. The maximum absolute atomic E-state index is 13.0. The molecule has 2 aromatic carbocycles. The molecule has 0 saturated carbocycles. The lowest BCUT2D eigenvalue weighted by molar-refractivity contribution is 0.0961. The van der Waals surface area contributed by atoms with E-state index in [1.807, 2.05) is 37.3 Å². The van der Waals surface area contributed by atoms with Gasteiger partial charge in [-0.25, -0.2) is 4.68 Å². The third kappa shape index (κ3) is 4.08. The predicted octanol–water partition coefficient (Wildman–Crippen LogP) is 3.24. The van der Waals surface area contributed by atoms with E-state index in [2.05, 4.69) is 15.7 Å². The summed E-state index contributed by atoms with van der Waals surface area (Å²) in [6.45, 7) is 3.57. The number of hydrogen-bond donors (Lipinski definition) is 2. The van der Waals surface area contributed by atoms with Crippen molar-refractivity contribution in [1.29, 1.82) is 0 Å². The smallest absolute Gasteiger partial charge is 0.291 e. The van der Waals surface area contributed by atoms with Gasteiger partial charge in [-0.2, -0.15) is 5.10 Å². The minimum atomic E-state index is -0.400. The van der Waals surface area contributed by atoms with Gasteiger partial charge in [0.15, 0.2) is 5.78 Å². The maximum Gasteiger partial charge on any atom is 0.291 e. The first-order chi connectivity index (χ1) is 14.0. The fraction of sp³-hybridized carbons (Fsp3) is 0.182. The van der Waals surface area contributed by atoms with Crippen molar-refractivity contribution in [3.63, 3.8) is 0 Å². The van der Waals surface area contributed by atoms with Gasteiger partial charge in [0.1, 0.15) is 11.4 Å². The van der Waals surface area contributed by atoms with Crippen LogP contribution in [0.15, 0.2) is 59.4 Å². The number of nitrogens with one attached hydrogen (secondary N) is 2. The molecule has 0 aliphatic carbocycles. The van der Waals surface area contributed by atoms with Crippen LogP contribution >= 0.6 is 0 Å². The van der Waals surface area contributed by atoms with E-state index in [0.29, 0.717) is 23.5 Å². The molecule has 0 atom stereocenters. The molecule has 2 N–H and O–H groups in total. The fourth-order valence-electron chi connectivity index (χ4n) is 3.07. The third-order valence-electron chi connectivity index (χ3n) is 4.48. The highest BCUT2D eigenvalue weighted by molar-refractivity contribution is 6.05. The van der Waals surface area contributed by atoms with Crippen molar-refractivity contribution in [2.45, 2.75) is 20.4 Å². The number of amides is 1. The first kappa shape index (κ1) is 20.0. The Morgan fingerprint density at radius 2 is 1.79 bits per heavy atom. The molecule has 0 spiro atoms. The van der Waals surface area contributed by atoms with E-state index in [4.69, 9.17) is 0 Å². The number of Topliss-reactive ketones (excluding diaryl/α,β-unsaturated/α-hetero) is 1. The number of aromatic nitrogens is 2. The highest BCUT2D eigenvalue weighted by atomic mass is 16.2. The lowest BCUT2D eigenvalue weighted by Gasteiger charge is -2.16. The van der Waals surface area contributed by atoms with Gasteiger partial charge in [0.05, 0.1) is 5.56 Å². The highest BCUT2D eigenvalue weighted by Crippen LogP contribution is 2.27. The Bertz CT molecular complexity index is 1120. The zero-order chi connectivity index (χ0) is 21.0. The SMILES string of the molecule is CCn1nc(-c2ccccc2)c(C(C)=O)c(Nc2cccc(C(=O)NC)c2)c1=O. The van der Waals surface area contributed by atoms with E-state index < -0.39 is 5.56 Å². The molecule has 3 aromatic rings. The van der Waals surface area contributed by atoms with Gasteiger partial charge in [0.25, 0.3) is 11.5 Å². The summed E-state index contributed by atoms with van der Waals surface area (Å²) in [6, 6.07) is 16.0. The van der Waals surface area contributed by atoms with E-state index >= 15 is 0 Å². The van der Waals surface area contributed by atoms with Crippen molar-refractivity contribution in [2.75, 3.05) is 12.4 Å². The van der Waals surface area contributed by atoms with Gasteiger partial charge < -0.3 is 10.6 Å². The van der Waals surface area contributed by atoms with Crippen molar-refractivity contribution in [3.05, 3.63) is 76.1 Å². The fourth-order valence-corrected chi connectivity index (χ4v) is 3.07. The Labute approximate surface area is 168 Å². The zero-order valence-electron chi connectivity index (χ0n) is 16.5. The first-order valence-corrected chi connectivity index (χ1v) is 9.26. The Hall–Kier alpha value is -3.74. The van der Waals surface area contributed by atoms with Gasteiger partial charge in [-0.15, -0.1) is 0 Å². The second kappa shape index (κ2) is 8.52. The number of carbonyl (C=O) groups excluding carboxylic acids is 2. The Morgan fingerprint density at radius 1 is 1.07 bits per heavy atom. The van der Waals surface area contributed by atoms with E-state index in [1.165, 1.54) is 11.6 Å². The number of nitrogens with zero attached hydrogens (tertiary/aromatic N) is 2. The second-order valence-electron chi connectivity index (χ2n) is 6.43. The molecule has 148 valence electrons. The van der Waals surface area contributed by atoms with Gasteiger partial charge >= 0.3 is 0 Å². The summed E-state index contributed by atoms with van der Waals surface area (Å²) < 4.78 is 1.32. The number of carbonyl (C=O) groups is 2. The van der Waals surface area contributed by atoms with Gasteiger partial charge in [0, 0.05) is 30.4 Å². The van der Waals surface area contributed by atoms with Gasteiger partial charge in [0.2, 0.25) is 0 Å². The molecule has 7 nitrogen and oxygen atoms in total. The average Bonchev–Trinajstić information content (AvgIpc) is 2.74. The van der Waals surface area contributed by atoms with Gasteiger partial charge in [-0.1, -0.05) is 36.4 Å². The van der Waals surface area contributed by atoms with E-state index in [0.717, 1.165) is 5.56 Å². The van der Waals surface area contributed by atoms with Crippen molar-refractivity contribution < 1.29 is 9.59 Å². The monoisotopic (exact) mass is 390 g/mol. The van der Waals surface area contributed by atoms with Crippen LogP contribution in [0.3, 0.4) is 0 Å². The third-order valence-corrected chi connectivity index (χ3v) is 4.48. The number of ketones is 1. The largest absolute Gasteiger partial charge is 0.355 e. The predicted molar refractivity (Wildman–Crippen MR) is 113 cm³/mol. The molecule has 0 fully saturated rings. The number of rotatable bonds is 6. The van der Waals surface area contributed by atoms with Crippen LogP contribution in [0.25, 0.3) is 11.3 Å². The highest BCUT2D eigenvalue weighted by Gasteiger charge is 2.22. The molecule has 0 saturated heterocycles. The molecule has 29 heavy (non-hydrogen) atoms. The molecule has 0 aliphatic heterocycles. The molecule has 3 rings (SSSR count). The number of anilines is 2. The van der Waals surface area contributed by atoms with Crippen LogP contribution in [-0.4, -0.2) is 28.5 Å². The van der Waals surface area contributed by atoms with E-state index in [1.54, 1.807) is 31.3 Å². The molecule has 0 bridgehead atoms. The average molecular weight is 390 g/mol. The van der Waals surface area contributed by atoms with Crippen LogP contribution in [0, 0.1) is 0 Å². The molecule has 1 amide bonds. The van der Waals surface area contributed by atoms with Crippen molar-refractivity contribution in [2.24, 2.45) is 0 Å². The number of aryl methyl sites for hydroxylation is 1. The Morgan fingerprint density at radius 3 is 2.41 bits per heavy atom. The van der Waals surface area contributed by atoms with Gasteiger partial charge in [-0.3, -0.25) is 14.4 Å². The van der Waals surface area contributed by atoms with E-state index in [-0.39, 0.29) is 22.9 Å². The zero-order valence-corrected chi connectivity index (χ0v) is 16.5. The summed E-state index contributed by atoms with van der Waals surface area (Å²) in [6.07, 6.45) is 0. The van der Waals surface area contributed by atoms with Gasteiger partial charge in [-0.05, 0) is 32.0 Å². The second-order valence-corrected chi connectivity index (χ2v) is 6.43. The molecule has 7 heteroatoms. The molecular formula is C22H22N4O3. The van der Waals surface area contributed by atoms with Crippen molar-refractivity contribution >= 4 is 23.1 Å². The van der Waals surface area contributed by atoms with Crippen LogP contribution in [-0.2, 0) is 6.54 Å². The molecule has 0 aliphatic rings. The quantitative estimate of drug-likeness (QED) is 0.631. The Kier molecular flexibility index (Phi) is 5.87. The molecule has 0 unspecified atom stereocenters. The molecule has 0 radical (unpaired) electrons. The standard InChI is InChI=1S/C22H22N4O3/c1-4-26-22(29)20(24-17-12-8-11-16(13-17)21(28)23-3)18(14(2)27)19(25-26)15-9-6-5-7-10-15/h5-13,24H,4H2,1-3H3,(H,23,28). The molecule has 1 aromatic heterocycles. The summed E-state index contributed by atoms with van der Waals surface area (Å²) in [5, 5.41) is 10.0. The minimum Gasteiger partial charge on any atom is -0.355 e. The van der Waals surface area contributed by atoms with Crippen LogP contribution in [0.2, 0.25) is 0 Å². The lowest BCUT2D eigenvalue weighted by atomic mass is 10.0. The Balaban J connectivity index is 2.21. The summed E-state index contributed by atoms with van der Waals surface area (Å²) in [7, 11) is 1.55. The summed E-state index contributed by atoms with van der Waals surface area (Å²) >= 11 is 0. The number of hydrogen-bond acceptors (Lipinski definition) is 5. The van der Waals surface area contributed by atoms with Crippen LogP contribution < -0.4 is 16.2 Å². The summed E-state index contributed by atoms with van der Waals surface area (Å²) in [5.74, 6) is -0.521. The summed E-state index contributed by atoms with van der Waals surface area (Å²) in [5.41, 5.74) is 2.10. The van der Waals surface area contributed by atoms with Crippen LogP contribution in [0.1, 0.15) is 34.6 Å². The van der Waals surface area contributed by atoms with Crippen molar-refractivity contribution in [3.8, 4) is 11.3 Å². The topological polar surface area (TPSA) is 93.1 Å². The maximum atomic E-state index is 13.0. The normalized spacial score (nSPS) is 10.4. The summed E-state index contributed by atoms with van der Waals surface area (Å²) in [4.78, 5) is 37.5. The number of benzene rings is 2. The first-order valence-electron chi connectivity index (χ1n) is 9.26. The minimum absolute atomic E-state index is 0.141. The molecule has 1 heterocycles. The van der Waals surface area contributed by atoms with Crippen LogP contribution in [0.5, 0.6) is 0 Å². The lowest BCUT2D eigenvalue weighted by Crippen LogP contribution is -2.28. The van der Waals surface area contributed by atoms with Crippen LogP contribution in [0.4, 0.5) is 11.4 Å².